The van der Waals surface area contributed by atoms with Crippen molar-refractivity contribution in [2.24, 2.45) is 11.8 Å². The molecule has 1 saturated heterocycles. The van der Waals surface area contributed by atoms with Crippen LogP contribution in [-0.2, 0) is 4.79 Å². The molecule has 21 heavy (non-hydrogen) atoms. The van der Waals surface area contributed by atoms with Crippen molar-refractivity contribution in [2.45, 2.75) is 58.7 Å². The van der Waals surface area contributed by atoms with Crippen molar-refractivity contribution in [2.75, 3.05) is 6.54 Å². The highest BCUT2D eigenvalue weighted by molar-refractivity contribution is 7.12. The lowest BCUT2D eigenvalue weighted by atomic mass is 10.0. The molecule has 1 aliphatic heterocycles. The van der Waals surface area contributed by atoms with Crippen molar-refractivity contribution in [3.05, 3.63) is 21.9 Å². The SMILES string of the molecule is Cc1ccc(C2NC(C(C)C)C(=O)N2CC2CCCC2)s1. The maximum Gasteiger partial charge on any atom is 0.241 e. The van der Waals surface area contributed by atoms with E-state index in [1.807, 2.05) is 0 Å². The number of carbonyl (C=O) groups is 1. The van der Waals surface area contributed by atoms with E-state index in [9.17, 15) is 4.79 Å². The van der Waals surface area contributed by atoms with E-state index in [0.29, 0.717) is 17.7 Å². The quantitative estimate of drug-likeness (QED) is 0.920. The average Bonchev–Trinajstić information content (AvgIpc) is 3.13. The fourth-order valence-electron chi connectivity index (χ4n) is 3.62. The molecule has 0 radical (unpaired) electrons. The Hall–Kier alpha value is -0.870. The van der Waals surface area contributed by atoms with Crippen molar-refractivity contribution >= 4 is 17.2 Å². The monoisotopic (exact) mass is 306 g/mol. The Kier molecular flexibility index (Phi) is 4.36. The molecule has 3 rings (SSSR count). The third-order valence-electron chi connectivity index (χ3n) is 4.83. The Labute approximate surface area is 131 Å². The first kappa shape index (κ1) is 15.0. The van der Waals surface area contributed by atoms with Gasteiger partial charge >= 0.3 is 0 Å². The van der Waals surface area contributed by atoms with Gasteiger partial charge in [-0.1, -0.05) is 26.7 Å². The van der Waals surface area contributed by atoms with Crippen LogP contribution >= 0.6 is 11.3 Å². The molecule has 1 aromatic heterocycles. The highest BCUT2D eigenvalue weighted by atomic mass is 32.1. The van der Waals surface area contributed by atoms with Crippen LogP contribution in [0.1, 0.15) is 55.5 Å². The number of rotatable bonds is 4. The minimum Gasteiger partial charge on any atom is -0.320 e. The predicted octanol–water partition coefficient (Wildman–Crippen LogP) is 3.70. The second-order valence-electron chi connectivity index (χ2n) is 6.88. The molecule has 0 aromatic carbocycles. The van der Waals surface area contributed by atoms with Crippen LogP contribution in [0.15, 0.2) is 12.1 Å². The van der Waals surface area contributed by atoms with Gasteiger partial charge in [0.05, 0.1) is 6.04 Å². The zero-order valence-electron chi connectivity index (χ0n) is 13.3. The second-order valence-corrected chi connectivity index (χ2v) is 8.20. The number of nitrogens with zero attached hydrogens (tertiary/aromatic N) is 1. The summed E-state index contributed by atoms with van der Waals surface area (Å²) in [6.45, 7) is 7.32. The summed E-state index contributed by atoms with van der Waals surface area (Å²) < 4.78 is 0. The summed E-state index contributed by atoms with van der Waals surface area (Å²) in [5.74, 6) is 1.34. The van der Waals surface area contributed by atoms with Gasteiger partial charge in [0.1, 0.15) is 6.17 Å². The zero-order valence-corrected chi connectivity index (χ0v) is 14.1. The van der Waals surface area contributed by atoms with Crippen LogP contribution in [0.25, 0.3) is 0 Å². The topological polar surface area (TPSA) is 32.3 Å². The van der Waals surface area contributed by atoms with E-state index < -0.39 is 0 Å². The Morgan fingerprint density at radius 2 is 2.05 bits per heavy atom. The third-order valence-corrected chi connectivity index (χ3v) is 5.88. The first-order valence-corrected chi connectivity index (χ1v) is 9.01. The van der Waals surface area contributed by atoms with Gasteiger partial charge in [0.15, 0.2) is 0 Å². The van der Waals surface area contributed by atoms with Crippen LogP contribution in [0.3, 0.4) is 0 Å². The summed E-state index contributed by atoms with van der Waals surface area (Å²) in [6.07, 6.45) is 5.32. The summed E-state index contributed by atoms with van der Waals surface area (Å²) in [4.78, 5) is 17.5. The van der Waals surface area contributed by atoms with E-state index in [1.165, 1.54) is 35.4 Å². The van der Waals surface area contributed by atoms with Crippen LogP contribution in [0.4, 0.5) is 0 Å². The lowest BCUT2D eigenvalue weighted by Gasteiger charge is -2.26. The van der Waals surface area contributed by atoms with Gasteiger partial charge in [0.25, 0.3) is 0 Å². The highest BCUT2D eigenvalue weighted by Crippen LogP contribution is 2.35. The normalized spacial score (nSPS) is 27.2. The van der Waals surface area contributed by atoms with Gasteiger partial charge in [0, 0.05) is 16.3 Å². The van der Waals surface area contributed by atoms with Crippen LogP contribution in [0, 0.1) is 18.8 Å². The molecule has 2 atom stereocenters. The first-order valence-electron chi connectivity index (χ1n) is 8.19. The van der Waals surface area contributed by atoms with Gasteiger partial charge in [-0.2, -0.15) is 0 Å². The molecule has 2 aliphatic rings. The largest absolute Gasteiger partial charge is 0.320 e. The van der Waals surface area contributed by atoms with Crippen molar-refractivity contribution in [3.8, 4) is 0 Å². The van der Waals surface area contributed by atoms with E-state index in [2.05, 4.69) is 43.1 Å². The minimum atomic E-state index is -0.0289. The third kappa shape index (κ3) is 3.02. The maximum atomic E-state index is 12.8. The van der Waals surface area contributed by atoms with Gasteiger partial charge in [-0.3, -0.25) is 10.1 Å². The smallest absolute Gasteiger partial charge is 0.241 e. The van der Waals surface area contributed by atoms with E-state index in [-0.39, 0.29) is 12.2 Å². The summed E-state index contributed by atoms with van der Waals surface area (Å²) >= 11 is 1.81. The number of carbonyl (C=O) groups excluding carboxylic acids is 1. The molecule has 1 amide bonds. The van der Waals surface area contributed by atoms with Crippen LogP contribution < -0.4 is 5.32 Å². The van der Waals surface area contributed by atoms with Gasteiger partial charge in [-0.05, 0) is 43.7 Å². The van der Waals surface area contributed by atoms with Gasteiger partial charge in [0.2, 0.25) is 5.91 Å². The van der Waals surface area contributed by atoms with Crippen LogP contribution in [0.2, 0.25) is 0 Å². The van der Waals surface area contributed by atoms with Crippen molar-refractivity contribution in [1.82, 2.24) is 10.2 Å². The fraction of sp³-hybridized carbons (Fsp3) is 0.706. The average molecular weight is 306 g/mol. The zero-order chi connectivity index (χ0) is 15.0. The van der Waals surface area contributed by atoms with E-state index in [0.717, 1.165) is 6.54 Å². The molecule has 3 nitrogen and oxygen atoms in total. The molecule has 0 spiro atoms. The maximum absolute atomic E-state index is 12.8. The molecule has 1 saturated carbocycles. The molecule has 1 N–H and O–H groups in total. The first-order chi connectivity index (χ1) is 10.1. The molecule has 2 heterocycles. The lowest BCUT2D eigenvalue weighted by Crippen LogP contribution is -2.36. The number of amides is 1. The fourth-order valence-corrected chi connectivity index (χ4v) is 4.57. The molecule has 116 valence electrons. The summed E-state index contributed by atoms with van der Waals surface area (Å²) in [6, 6.07) is 4.30. The van der Waals surface area contributed by atoms with Gasteiger partial charge in [-0.15, -0.1) is 11.3 Å². The molecule has 4 heteroatoms. The van der Waals surface area contributed by atoms with Gasteiger partial charge < -0.3 is 4.90 Å². The van der Waals surface area contributed by atoms with E-state index >= 15 is 0 Å². The van der Waals surface area contributed by atoms with Gasteiger partial charge in [-0.25, -0.2) is 0 Å². The standard InChI is InChI=1S/C17H26N2OS/c1-11(2)15-17(20)19(10-13-6-4-5-7-13)16(18-15)14-9-8-12(3)21-14/h8-9,11,13,15-16,18H,4-7,10H2,1-3H3. The molecule has 2 unspecified atom stereocenters. The summed E-state index contributed by atoms with van der Waals surface area (Å²) in [7, 11) is 0. The van der Waals surface area contributed by atoms with E-state index in [1.54, 1.807) is 11.3 Å². The number of thiophene rings is 1. The van der Waals surface area contributed by atoms with E-state index in [4.69, 9.17) is 0 Å². The molecule has 1 aliphatic carbocycles. The summed E-state index contributed by atoms with van der Waals surface area (Å²) in [5, 5.41) is 3.58. The van der Waals surface area contributed by atoms with Crippen molar-refractivity contribution < 1.29 is 4.79 Å². The molecular weight excluding hydrogens is 280 g/mol. The molecule has 1 aromatic rings. The lowest BCUT2D eigenvalue weighted by molar-refractivity contribution is -0.131. The second kappa shape index (κ2) is 6.09. The summed E-state index contributed by atoms with van der Waals surface area (Å²) in [5.41, 5.74) is 0. The Bertz CT molecular complexity index is 505. The van der Waals surface area contributed by atoms with Crippen molar-refractivity contribution in [1.29, 1.82) is 0 Å². The predicted molar refractivity (Wildman–Crippen MR) is 87.2 cm³/mol. The highest BCUT2D eigenvalue weighted by Gasteiger charge is 2.42. The number of nitrogens with one attached hydrogen (secondary N) is 1. The Morgan fingerprint density at radius 3 is 2.62 bits per heavy atom. The molecule has 0 bridgehead atoms. The van der Waals surface area contributed by atoms with Crippen molar-refractivity contribution in [3.63, 3.8) is 0 Å². The molecular formula is C17H26N2OS. The minimum absolute atomic E-state index is 0.0289. The Balaban J connectivity index is 1.82. The van der Waals surface area contributed by atoms with Crippen LogP contribution in [-0.4, -0.2) is 23.4 Å². The number of hydrogen-bond donors (Lipinski definition) is 1. The molecule has 2 fully saturated rings. The number of aryl methyl sites for hydroxylation is 1. The number of hydrogen-bond acceptors (Lipinski definition) is 3. The Morgan fingerprint density at radius 1 is 1.33 bits per heavy atom. The van der Waals surface area contributed by atoms with Crippen LogP contribution in [0.5, 0.6) is 0 Å².